The molecule has 1 aromatic heterocycles. The van der Waals surface area contributed by atoms with Gasteiger partial charge in [-0.25, -0.2) is 4.98 Å². The average molecular weight is 382 g/mol. The first-order valence-corrected chi connectivity index (χ1v) is 10.2. The number of hydrogen-bond donors (Lipinski definition) is 1. The molecule has 0 fully saturated rings. The van der Waals surface area contributed by atoms with Crippen LogP contribution in [0.5, 0.6) is 0 Å². The minimum Gasteiger partial charge on any atom is -0.320 e. The van der Waals surface area contributed by atoms with Gasteiger partial charge in [-0.05, 0) is 43.1 Å². The molecule has 0 aliphatic heterocycles. The molecule has 0 saturated carbocycles. The zero-order valence-electron chi connectivity index (χ0n) is 16.8. The minimum atomic E-state index is -0.477. The lowest BCUT2D eigenvalue weighted by molar-refractivity contribution is 0.491. The van der Waals surface area contributed by atoms with Gasteiger partial charge in [0.1, 0.15) is 5.54 Å². The third-order valence-electron chi connectivity index (χ3n) is 5.51. The zero-order chi connectivity index (χ0) is 19.9. The second-order valence-corrected chi connectivity index (χ2v) is 7.27. The number of rotatable bonds is 8. The average Bonchev–Trinajstić information content (AvgIpc) is 3.26. The van der Waals surface area contributed by atoms with Gasteiger partial charge >= 0.3 is 0 Å². The Hall–Kier alpha value is -3.17. The van der Waals surface area contributed by atoms with Gasteiger partial charge in [-0.15, -0.1) is 0 Å². The highest BCUT2D eigenvalue weighted by atomic mass is 15.1. The number of imidazole rings is 1. The maximum atomic E-state index is 4.59. The summed E-state index contributed by atoms with van der Waals surface area (Å²) in [6.45, 7) is 0.986. The van der Waals surface area contributed by atoms with Gasteiger partial charge in [-0.1, -0.05) is 91.0 Å². The Balaban J connectivity index is 2.01. The lowest BCUT2D eigenvalue weighted by Gasteiger charge is -2.38. The number of hydrogen-bond acceptors (Lipinski definition) is 2. The van der Waals surface area contributed by atoms with Crippen molar-refractivity contribution in [2.45, 2.75) is 18.4 Å². The molecule has 1 N–H and O–H groups in total. The lowest BCUT2D eigenvalue weighted by atomic mass is 9.76. The predicted octanol–water partition coefficient (Wildman–Crippen LogP) is 4.88. The van der Waals surface area contributed by atoms with Crippen LogP contribution in [0.15, 0.2) is 104 Å². The number of aromatic nitrogens is 2. The van der Waals surface area contributed by atoms with Gasteiger partial charge in [0.15, 0.2) is 0 Å². The van der Waals surface area contributed by atoms with Crippen LogP contribution in [-0.4, -0.2) is 23.1 Å². The molecular formula is C26H27N3. The Bertz CT molecular complexity index is 911. The summed E-state index contributed by atoms with van der Waals surface area (Å²) >= 11 is 0. The molecule has 29 heavy (non-hydrogen) atoms. The third kappa shape index (κ3) is 3.62. The Labute approximate surface area is 173 Å². The number of benzene rings is 3. The van der Waals surface area contributed by atoms with E-state index in [1.807, 2.05) is 19.6 Å². The van der Waals surface area contributed by atoms with Gasteiger partial charge in [0, 0.05) is 11.9 Å². The fourth-order valence-electron chi connectivity index (χ4n) is 4.21. The quantitative estimate of drug-likeness (QED) is 0.348. The molecule has 0 aliphatic rings. The zero-order valence-corrected chi connectivity index (χ0v) is 16.8. The van der Waals surface area contributed by atoms with Gasteiger partial charge in [0.25, 0.3) is 0 Å². The van der Waals surface area contributed by atoms with Gasteiger partial charge in [0.2, 0.25) is 0 Å². The van der Waals surface area contributed by atoms with Crippen molar-refractivity contribution in [2.24, 2.45) is 0 Å². The summed E-state index contributed by atoms with van der Waals surface area (Å²) in [7, 11) is 2.00. The van der Waals surface area contributed by atoms with E-state index in [2.05, 4.69) is 106 Å². The van der Waals surface area contributed by atoms with Crippen LogP contribution < -0.4 is 5.32 Å². The molecule has 0 spiro atoms. The van der Waals surface area contributed by atoms with E-state index in [0.717, 1.165) is 19.4 Å². The second-order valence-electron chi connectivity index (χ2n) is 7.27. The molecular weight excluding hydrogens is 354 g/mol. The topological polar surface area (TPSA) is 29.9 Å². The van der Waals surface area contributed by atoms with E-state index < -0.39 is 5.54 Å². The molecule has 146 valence electrons. The molecule has 0 saturated heterocycles. The van der Waals surface area contributed by atoms with Crippen molar-refractivity contribution in [2.75, 3.05) is 13.6 Å². The fourth-order valence-corrected chi connectivity index (χ4v) is 4.21. The molecule has 1 heterocycles. The summed E-state index contributed by atoms with van der Waals surface area (Å²) < 4.78 is 2.36. The van der Waals surface area contributed by atoms with Gasteiger partial charge in [-0.2, -0.15) is 0 Å². The van der Waals surface area contributed by atoms with Crippen LogP contribution in [0.1, 0.15) is 28.8 Å². The van der Waals surface area contributed by atoms with Crippen LogP contribution in [0, 0.1) is 0 Å². The first kappa shape index (κ1) is 19.2. The number of nitrogens with zero attached hydrogens (tertiary/aromatic N) is 2. The van der Waals surface area contributed by atoms with E-state index >= 15 is 0 Å². The van der Waals surface area contributed by atoms with E-state index in [1.165, 1.54) is 22.4 Å². The Morgan fingerprint density at radius 3 is 1.69 bits per heavy atom. The summed E-state index contributed by atoms with van der Waals surface area (Å²) in [5.41, 5.74) is 4.44. The first-order chi connectivity index (χ1) is 14.4. The summed E-state index contributed by atoms with van der Waals surface area (Å²) in [6.07, 6.45) is 6.03. The molecule has 4 rings (SSSR count). The molecule has 0 aliphatic carbocycles. The van der Waals surface area contributed by atoms with E-state index in [1.54, 1.807) is 0 Å². The normalized spacial score (nSPS) is 11.5. The molecule has 0 amide bonds. The van der Waals surface area contributed by atoms with E-state index in [0.29, 0.717) is 0 Å². The molecule has 0 bridgehead atoms. The van der Waals surface area contributed by atoms with E-state index in [4.69, 9.17) is 0 Å². The number of aryl methyl sites for hydroxylation is 1. The van der Waals surface area contributed by atoms with Gasteiger partial charge < -0.3 is 9.88 Å². The fraction of sp³-hybridized carbons (Fsp3) is 0.192. The highest BCUT2D eigenvalue weighted by Crippen LogP contribution is 2.41. The smallest absolute Gasteiger partial charge is 0.121 e. The Morgan fingerprint density at radius 1 is 0.759 bits per heavy atom. The second kappa shape index (κ2) is 8.89. The van der Waals surface area contributed by atoms with Crippen molar-refractivity contribution in [3.05, 3.63) is 126 Å². The summed E-state index contributed by atoms with van der Waals surface area (Å²) in [5.74, 6) is 0. The monoisotopic (exact) mass is 381 g/mol. The van der Waals surface area contributed by atoms with Crippen molar-refractivity contribution < 1.29 is 0 Å². The first-order valence-electron chi connectivity index (χ1n) is 10.2. The van der Waals surface area contributed by atoms with Gasteiger partial charge in [0.05, 0.1) is 6.33 Å². The molecule has 0 unspecified atom stereocenters. The summed E-state index contributed by atoms with van der Waals surface area (Å²) in [5, 5.41) is 3.25. The van der Waals surface area contributed by atoms with Crippen LogP contribution >= 0.6 is 0 Å². The van der Waals surface area contributed by atoms with Crippen molar-refractivity contribution in [3.8, 4) is 0 Å². The van der Waals surface area contributed by atoms with Crippen LogP contribution in [0.25, 0.3) is 0 Å². The summed E-state index contributed by atoms with van der Waals surface area (Å²) in [6, 6.07) is 32.3. The maximum absolute atomic E-state index is 4.59. The summed E-state index contributed by atoms with van der Waals surface area (Å²) in [4.78, 5) is 4.59. The standard InChI is InChI=1S/C26H27N3/c1-27-19-11-18-25-20-28-21-29(25)26(22-12-5-2-6-13-22,23-14-7-3-8-15-23)24-16-9-4-10-17-24/h2-10,12-17,20-21,27H,11,18-19H2,1H3. The van der Waals surface area contributed by atoms with Crippen molar-refractivity contribution >= 4 is 0 Å². The lowest BCUT2D eigenvalue weighted by Crippen LogP contribution is -2.38. The van der Waals surface area contributed by atoms with E-state index in [9.17, 15) is 0 Å². The molecule has 0 atom stereocenters. The van der Waals surface area contributed by atoms with Crippen LogP contribution in [-0.2, 0) is 12.0 Å². The largest absolute Gasteiger partial charge is 0.320 e. The van der Waals surface area contributed by atoms with Crippen molar-refractivity contribution in [3.63, 3.8) is 0 Å². The molecule has 0 radical (unpaired) electrons. The van der Waals surface area contributed by atoms with Gasteiger partial charge in [-0.3, -0.25) is 0 Å². The van der Waals surface area contributed by atoms with Crippen molar-refractivity contribution in [1.29, 1.82) is 0 Å². The van der Waals surface area contributed by atoms with Crippen molar-refractivity contribution in [1.82, 2.24) is 14.9 Å². The molecule has 4 aromatic rings. The minimum absolute atomic E-state index is 0.477. The SMILES string of the molecule is CNCCCc1cncn1C(c1ccccc1)(c1ccccc1)c1ccccc1. The molecule has 3 heteroatoms. The van der Waals surface area contributed by atoms with Crippen LogP contribution in [0.2, 0.25) is 0 Å². The highest BCUT2D eigenvalue weighted by Gasteiger charge is 2.39. The maximum Gasteiger partial charge on any atom is 0.121 e. The van der Waals surface area contributed by atoms with Crippen LogP contribution in [0.4, 0.5) is 0 Å². The Morgan fingerprint density at radius 2 is 1.24 bits per heavy atom. The highest BCUT2D eigenvalue weighted by molar-refractivity contribution is 5.51. The Kier molecular flexibility index (Phi) is 5.87. The van der Waals surface area contributed by atoms with E-state index in [-0.39, 0.29) is 0 Å². The molecule has 3 nitrogen and oxygen atoms in total. The van der Waals surface area contributed by atoms with Crippen LogP contribution in [0.3, 0.4) is 0 Å². The molecule has 3 aromatic carbocycles. The number of nitrogens with one attached hydrogen (secondary N) is 1. The predicted molar refractivity (Wildman–Crippen MR) is 119 cm³/mol. The third-order valence-corrected chi connectivity index (χ3v) is 5.51.